The smallest absolute Gasteiger partial charge is 0.316 e. The van der Waals surface area contributed by atoms with E-state index in [0.29, 0.717) is 5.82 Å². The molecule has 59 valence electrons. The molecule has 0 amide bonds. The fraction of sp³-hybridized carbons (Fsp3) is 0. The lowest BCUT2D eigenvalue weighted by Gasteiger charge is -1.95. The molecule has 0 aliphatic rings. The molecule has 0 saturated carbocycles. The molecule has 0 N–H and O–H groups in total. The maximum Gasteiger partial charge on any atom is 0.316 e. The second kappa shape index (κ2) is 3.06. The molecule has 0 aliphatic carbocycles. The summed E-state index contributed by atoms with van der Waals surface area (Å²) in [6.07, 6.45) is 2.30. The second-order valence-electron chi connectivity index (χ2n) is 2.19. The zero-order valence-corrected chi connectivity index (χ0v) is 7.58. The van der Waals surface area contributed by atoms with Crippen molar-refractivity contribution in [2.75, 3.05) is 0 Å². The number of nitrogens with zero attached hydrogens (tertiary/aromatic N) is 2. The molecular formula is C8H4BrN2O. The summed E-state index contributed by atoms with van der Waals surface area (Å²) in [4.78, 5) is 3.81. The van der Waals surface area contributed by atoms with Crippen molar-refractivity contribution < 1.29 is 4.52 Å². The van der Waals surface area contributed by atoms with Crippen molar-refractivity contribution >= 4 is 15.9 Å². The van der Waals surface area contributed by atoms with Gasteiger partial charge in [-0.25, -0.2) is 0 Å². The third kappa shape index (κ3) is 1.25. The summed E-state index contributed by atoms with van der Waals surface area (Å²) in [6.45, 7) is 0. The fourth-order valence-electron chi connectivity index (χ4n) is 0.900. The molecule has 0 spiro atoms. The quantitative estimate of drug-likeness (QED) is 0.745. The van der Waals surface area contributed by atoms with Crippen LogP contribution < -0.4 is 0 Å². The van der Waals surface area contributed by atoms with Crippen LogP contribution in [0.4, 0.5) is 0 Å². The number of halogens is 1. The van der Waals surface area contributed by atoms with Crippen molar-refractivity contribution in [1.29, 1.82) is 0 Å². The summed E-state index contributed by atoms with van der Waals surface area (Å²) in [6, 6.07) is 7.67. The number of hydrogen-bond donors (Lipinski definition) is 0. The Labute approximate surface area is 77.5 Å². The lowest BCUT2D eigenvalue weighted by Crippen LogP contribution is -1.80. The summed E-state index contributed by atoms with van der Waals surface area (Å²) in [5.41, 5.74) is 0.905. The van der Waals surface area contributed by atoms with E-state index in [1.54, 1.807) is 0 Å². The Morgan fingerprint density at radius 3 is 2.83 bits per heavy atom. The van der Waals surface area contributed by atoms with Crippen LogP contribution in [0.2, 0.25) is 0 Å². The van der Waals surface area contributed by atoms with Gasteiger partial charge >= 0.3 is 6.39 Å². The van der Waals surface area contributed by atoms with Gasteiger partial charge in [-0.2, -0.15) is 4.98 Å². The Morgan fingerprint density at radius 2 is 2.17 bits per heavy atom. The Kier molecular flexibility index (Phi) is 1.91. The second-order valence-corrected chi connectivity index (χ2v) is 3.04. The van der Waals surface area contributed by atoms with E-state index in [9.17, 15) is 0 Å². The van der Waals surface area contributed by atoms with Crippen LogP contribution in [0, 0.1) is 6.39 Å². The minimum Gasteiger partial charge on any atom is -0.328 e. The van der Waals surface area contributed by atoms with Crippen LogP contribution in [0.5, 0.6) is 0 Å². The topological polar surface area (TPSA) is 38.9 Å². The maximum atomic E-state index is 4.52. The van der Waals surface area contributed by atoms with E-state index in [1.807, 2.05) is 24.3 Å². The first-order chi connectivity index (χ1) is 5.88. The van der Waals surface area contributed by atoms with Gasteiger partial charge in [0.15, 0.2) is 0 Å². The van der Waals surface area contributed by atoms with Gasteiger partial charge in [0.2, 0.25) is 5.82 Å². The van der Waals surface area contributed by atoms with Crippen molar-refractivity contribution in [3.05, 3.63) is 35.1 Å². The van der Waals surface area contributed by atoms with Gasteiger partial charge in [-0.05, 0) is 12.1 Å². The molecule has 1 heterocycles. The largest absolute Gasteiger partial charge is 0.328 e. The molecule has 0 saturated heterocycles. The van der Waals surface area contributed by atoms with Gasteiger partial charge in [0, 0.05) is 10.0 Å². The minimum absolute atomic E-state index is 0.544. The van der Waals surface area contributed by atoms with E-state index >= 15 is 0 Å². The first-order valence-corrected chi connectivity index (χ1v) is 4.12. The average molecular weight is 224 g/mol. The van der Waals surface area contributed by atoms with E-state index in [2.05, 4.69) is 37.0 Å². The summed E-state index contributed by atoms with van der Waals surface area (Å²) >= 11 is 3.38. The van der Waals surface area contributed by atoms with Crippen molar-refractivity contribution in [3.63, 3.8) is 0 Å². The first-order valence-electron chi connectivity index (χ1n) is 3.32. The number of rotatable bonds is 1. The molecule has 0 aliphatic heterocycles. The summed E-state index contributed by atoms with van der Waals surface area (Å²) in [5, 5.41) is 3.68. The number of aromatic nitrogens is 2. The molecule has 4 heteroatoms. The monoisotopic (exact) mass is 223 g/mol. The molecule has 3 nitrogen and oxygen atoms in total. The molecule has 1 aromatic heterocycles. The highest BCUT2D eigenvalue weighted by Crippen LogP contribution is 2.24. The standard InChI is InChI=1S/C8H4BrN2O/c9-7-4-2-1-3-6(7)8-10-5-12-11-8/h1-4H. The molecule has 2 rings (SSSR count). The lowest BCUT2D eigenvalue weighted by atomic mass is 10.2. The molecule has 2 aromatic rings. The van der Waals surface area contributed by atoms with Crippen LogP contribution in [0.3, 0.4) is 0 Å². The van der Waals surface area contributed by atoms with Crippen LogP contribution in [0.15, 0.2) is 33.3 Å². The molecule has 0 bridgehead atoms. The Bertz CT molecular complexity index is 372. The van der Waals surface area contributed by atoms with Crippen LogP contribution in [0.1, 0.15) is 0 Å². The average Bonchev–Trinajstić information content (AvgIpc) is 2.57. The highest BCUT2D eigenvalue weighted by molar-refractivity contribution is 9.10. The normalized spacial score (nSPS) is 10.1. The van der Waals surface area contributed by atoms with E-state index in [-0.39, 0.29) is 0 Å². The number of hydrogen-bond acceptors (Lipinski definition) is 3. The third-order valence-corrected chi connectivity index (χ3v) is 2.13. The highest BCUT2D eigenvalue weighted by atomic mass is 79.9. The van der Waals surface area contributed by atoms with Gasteiger partial charge in [0.1, 0.15) is 0 Å². The van der Waals surface area contributed by atoms with Gasteiger partial charge in [-0.1, -0.05) is 33.2 Å². The van der Waals surface area contributed by atoms with Gasteiger partial charge in [0.25, 0.3) is 0 Å². The third-order valence-electron chi connectivity index (χ3n) is 1.44. The minimum atomic E-state index is 0.544. The van der Waals surface area contributed by atoms with Crippen LogP contribution in [0.25, 0.3) is 11.4 Å². The summed E-state index contributed by atoms with van der Waals surface area (Å²) in [7, 11) is 0. The molecule has 0 unspecified atom stereocenters. The van der Waals surface area contributed by atoms with Crippen LogP contribution in [-0.4, -0.2) is 10.1 Å². The molecule has 1 radical (unpaired) electrons. The Hall–Kier alpha value is -1.16. The van der Waals surface area contributed by atoms with Crippen molar-refractivity contribution in [3.8, 4) is 11.4 Å². The lowest BCUT2D eigenvalue weighted by molar-refractivity contribution is 0.411. The Balaban J connectivity index is 2.55. The molecule has 0 atom stereocenters. The maximum absolute atomic E-state index is 4.52. The van der Waals surface area contributed by atoms with E-state index in [4.69, 9.17) is 0 Å². The van der Waals surface area contributed by atoms with E-state index in [1.165, 1.54) is 0 Å². The van der Waals surface area contributed by atoms with Crippen LogP contribution in [-0.2, 0) is 0 Å². The van der Waals surface area contributed by atoms with Gasteiger partial charge < -0.3 is 4.52 Å². The predicted octanol–water partition coefficient (Wildman–Crippen LogP) is 2.30. The van der Waals surface area contributed by atoms with Crippen molar-refractivity contribution in [2.24, 2.45) is 0 Å². The Morgan fingerprint density at radius 1 is 1.33 bits per heavy atom. The van der Waals surface area contributed by atoms with Gasteiger partial charge in [0.05, 0.1) is 0 Å². The van der Waals surface area contributed by atoms with E-state index < -0.39 is 0 Å². The van der Waals surface area contributed by atoms with Crippen molar-refractivity contribution in [2.45, 2.75) is 0 Å². The zero-order valence-electron chi connectivity index (χ0n) is 5.99. The molecule has 0 fully saturated rings. The van der Waals surface area contributed by atoms with Crippen LogP contribution >= 0.6 is 15.9 Å². The van der Waals surface area contributed by atoms with Crippen molar-refractivity contribution in [1.82, 2.24) is 10.1 Å². The highest BCUT2D eigenvalue weighted by Gasteiger charge is 2.05. The SMILES string of the molecule is Brc1ccccc1-c1n[c]on1. The molecule has 12 heavy (non-hydrogen) atoms. The molecular weight excluding hydrogens is 220 g/mol. The predicted molar refractivity (Wildman–Crippen MR) is 46.3 cm³/mol. The summed E-state index contributed by atoms with van der Waals surface area (Å²) in [5.74, 6) is 0.544. The zero-order chi connectivity index (χ0) is 8.39. The number of benzene rings is 1. The van der Waals surface area contributed by atoms with Gasteiger partial charge in [-0.15, -0.1) is 0 Å². The fourth-order valence-corrected chi connectivity index (χ4v) is 1.36. The summed E-state index contributed by atoms with van der Waals surface area (Å²) < 4.78 is 5.46. The first kappa shape index (κ1) is 7.49. The van der Waals surface area contributed by atoms with E-state index in [0.717, 1.165) is 10.0 Å². The molecule has 1 aromatic carbocycles. The van der Waals surface area contributed by atoms with Gasteiger partial charge in [-0.3, -0.25) is 0 Å².